The van der Waals surface area contributed by atoms with Crippen molar-refractivity contribution in [2.75, 3.05) is 0 Å². The van der Waals surface area contributed by atoms with Crippen molar-refractivity contribution >= 4 is 28.9 Å². The van der Waals surface area contributed by atoms with Crippen molar-refractivity contribution in [1.29, 1.82) is 0 Å². The number of halogens is 3. The molecule has 2 heterocycles. The zero-order chi connectivity index (χ0) is 19.0. The minimum absolute atomic E-state index is 0.0522. The highest BCUT2D eigenvalue weighted by atomic mass is 35.5. The molecule has 0 N–H and O–H groups in total. The SMILES string of the molecule is O=c1ccn2nc(Sc3ccc(Cl)cc3)ccc2c1-c1c(F)cccc1F. The van der Waals surface area contributed by atoms with Gasteiger partial charge in [0.25, 0.3) is 0 Å². The number of pyridine rings is 1. The molecule has 0 aliphatic heterocycles. The Morgan fingerprint density at radius 1 is 0.889 bits per heavy atom. The van der Waals surface area contributed by atoms with Crippen LogP contribution in [0.4, 0.5) is 8.78 Å². The van der Waals surface area contributed by atoms with E-state index in [-0.39, 0.29) is 11.1 Å². The topological polar surface area (TPSA) is 34.4 Å². The zero-order valence-electron chi connectivity index (χ0n) is 13.7. The number of benzene rings is 2. The molecular formula is C20H11ClF2N2OS. The van der Waals surface area contributed by atoms with Gasteiger partial charge in [-0.1, -0.05) is 29.4 Å². The molecule has 0 radical (unpaired) electrons. The first kappa shape index (κ1) is 17.7. The molecule has 0 spiro atoms. The van der Waals surface area contributed by atoms with Gasteiger partial charge in [0, 0.05) is 22.2 Å². The summed E-state index contributed by atoms with van der Waals surface area (Å²) in [5.41, 5.74) is -0.546. The second-order valence-electron chi connectivity index (χ2n) is 5.71. The van der Waals surface area contributed by atoms with Gasteiger partial charge in [-0.05, 0) is 48.5 Å². The van der Waals surface area contributed by atoms with Crippen LogP contribution in [0.1, 0.15) is 0 Å². The maximum atomic E-state index is 14.2. The van der Waals surface area contributed by atoms with Gasteiger partial charge in [-0.3, -0.25) is 4.79 Å². The van der Waals surface area contributed by atoms with E-state index in [4.69, 9.17) is 11.6 Å². The Morgan fingerprint density at radius 3 is 2.30 bits per heavy atom. The van der Waals surface area contributed by atoms with E-state index < -0.39 is 17.1 Å². The van der Waals surface area contributed by atoms with Gasteiger partial charge < -0.3 is 0 Å². The molecule has 4 rings (SSSR count). The van der Waals surface area contributed by atoms with Gasteiger partial charge in [0.05, 0.1) is 16.6 Å². The highest BCUT2D eigenvalue weighted by molar-refractivity contribution is 7.99. The number of aromatic nitrogens is 2. The molecule has 2 aromatic carbocycles. The van der Waals surface area contributed by atoms with Crippen LogP contribution in [0.5, 0.6) is 0 Å². The molecule has 27 heavy (non-hydrogen) atoms. The second-order valence-corrected chi connectivity index (χ2v) is 7.24. The van der Waals surface area contributed by atoms with Crippen molar-refractivity contribution in [3.05, 3.63) is 93.7 Å². The van der Waals surface area contributed by atoms with Crippen molar-refractivity contribution in [3.8, 4) is 11.1 Å². The van der Waals surface area contributed by atoms with E-state index in [0.717, 1.165) is 17.0 Å². The predicted molar refractivity (Wildman–Crippen MR) is 102 cm³/mol. The van der Waals surface area contributed by atoms with Crippen LogP contribution in [0.2, 0.25) is 5.02 Å². The van der Waals surface area contributed by atoms with Gasteiger partial charge in [0.2, 0.25) is 0 Å². The standard InChI is InChI=1S/C20H11ClF2N2OS/c21-12-4-6-13(7-5-12)27-18-9-8-16-20(17(26)10-11-25(16)24-18)19-14(22)2-1-3-15(19)23/h1-11H. The van der Waals surface area contributed by atoms with Crippen molar-refractivity contribution in [1.82, 2.24) is 9.61 Å². The minimum Gasteiger partial charge on any atom is -0.289 e. The third-order valence-electron chi connectivity index (χ3n) is 3.96. The summed E-state index contributed by atoms with van der Waals surface area (Å²) in [6.45, 7) is 0. The zero-order valence-corrected chi connectivity index (χ0v) is 15.3. The highest BCUT2D eigenvalue weighted by Gasteiger charge is 2.17. The molecule has 4 aromatic rings. The lowest BCUT2D eigenvalue weighted by Crippen LogP contribution is -2.10. The summed E-state index contributed by atoms with van der Waals surface area (Å²) in [4.78, 5) is 13.3. The first-order valence-electron chi connectivity index (χ1n) is 7.93. The van der Waals surface area contributed by atoms with Crippen LogP contribution in [0.25, 0.3) is 16.6 Å². The molecule has 0 atom stereocenters. The normalized spacial score (nSPS) is 11.1. The Hall–Kier alpha value is -2.70. The van der Waals surface area contributed by atoms with Crippen molar-refractivity contribution in [2.24, 2.45) is 0 Å². The van der Waals surface area contributed by atoms with E-state index in [1.54, 1.807) is 24.3 Å². The molecule has 134 valence electrons. The van der Waals surface area contributed by atoms with E-state index >= 15 is 0 Å². The average molecular weight is 401 g/mol. The lowest BCUT2D eigenvalue weighted by Gasteiger charge is -2.10. The predicted octanol–water partition coefficient (Wildman–Crippen LogP) is 5.44. The van der Waals surface area contributed by atoms with Crippen LogP contribution in [0.3, 0.4) is 0 Å². The molecular weight excluding hydrogens is 390 g/mol. The van der Waals surface area contributed by atoms with Crippen LogP contribution in [-0.4, -0.2) is 9.61 Å². The first-order chi connectivity index (χ1) is 13.0. The van der Waals surface area contributed by atoms with Gasteiger partial charge >= 0.3 is 0 Å². The summed E-state index contributed by atoms with van der Waals surface area (Å²) in [5.74, 6) is -1.58. The van der Waals surface area contributed by atoms with E-state index in [1.807, 2.05) is 12.1 Å². The summed E-state index contributed by atoms with van der Waals surface area (Å²) >= 11 is 7.30. The molecule has 3 nitrogen and oxygen atoms in total. The summed E-state index contributed by atoms with van der Waals surface area (Å²) < 4.78 is 29.9. The monoisotopic (exact) mass is 400 g/mol. The molecule has 7 heteroatoms. The highest BCUT2D eigenvalue weighted by Crippen LogP contribution is 2.30. The third-order valence-corrected chi connectivity index (χ3v) is 5.14. The Labute approximate surface area is 162 Å². The summed E-state index contributed by atoms with van der Waals surface area (Å²) in [6.07, 6.45) is 1.48. The largest absolute Gasteiger partial charge is 0.289 e. The Balaban J connectivity index is 1.84. The van der Waals surface area contributed by atoms with Gasteiger partial charge in [0.1, 0.15) is 16.7 Å². The van der Waals surface area contributed by atoms with Gasteiger partial charge in [-0.25, -0.2) is 13.3 Å². The fourth-order valence-corrected chi connectivity index (χ4v) is 3.65. The van der Waals surface area contributed by atoms with Gasteiger partial charge in [0.15, 0.2) is 5.43 Å². The Kier molecular flexibility index (Phi) is 4.68. The van der Waals surface area contributed by atoms with Crippen LogP contribution >= 0.6 is 23.4 Å². The second kappa shape index (κ2) is 7.13. The molecule has 0 unspecified atom stereocenters. The number of hydrogen-bond donors (Lipinski definition) is 0. The number of nitrogens with zero attached hydrogens (tertiary/aromatic N) is 2. The molecule has 0 aliphatic rings. The number of rotatable bonds is 3. The molecule has 0 bridgehead atoms. The van der Waals surface area contributed by atoms with Crippen LogP contribution in [-0.2, 0) is 0 Å². The maximum Gasteiger partial charge on any atom is 0.190 e. The lowest BCUT2D eigenvalue weighted by atomic mass is 10.0. The molecule has 0 aliphatic carbocycles. The fraction of sp³-hybridized carbons (Fsp3) is 0. The quantitative estimate of drug-likeness (QED) is 0.459. The smallest absolute Gasteiger partial charge is 0.190 e. The van der Waals surface area contributed by atoms with E-state index in [2.05, 4.69) is 5.10 Å². The van der Waals surface area contributed by atoms with Crippen molar-refractivity contribution in [3.63, 3.8) is 0 Å². The van der Waals surface area contributed by atoms with Gasteiger partial charge in [-0.2, -0.15) is 5.10 Å². The van der Waals surface area contributed by atoms with E-state index in [1.165, 1.54) is 34.6 Å². The number of hydrogen-bond acceptors (Lipinski definition) is 3. The Bertz CT molecular complexity index is 1190. The average Bonchev–Trinajstić information content (AvgIpc) is 2.65. The fourth-order valence-electron chi connectivity index (χ4n) is 2.75. The molecule has 2 aromatic heterocycles. The minimum atomic E-state index is -0.792. The molecule has 0 fully saturated rings. The maximum absolute atomic E-state index is 14.2. The summed E-state index contributed by atoms with van der Waals surface area (Å²) in [7, 11) is 0. The number of fused-ring (bicyclic) bond motifs is 1. The molecule has 0 saturated heterocycles. The molecule has 0 saturated carbocycles. The first-order valence-corrected chi connectivity index (χ1v) is 9.13. The van der Waals surface area contributed by atoms with Crippen molar-refractivity contribution < 1.29 is 8.78 Å². The van der Waals surface area contributed by atoms with Gasteiger partial charge in [-0.15, -0.1) is 0 Å². The summed E-state index contributed by atoms with van der Waals surface area (Å²) in [5, 5.41) is 5.74. The van der Waals surface area contributed by atoms with E-state index in [0.29, 0.717) is 15.6 Å². The van der Waals surface area contributed by atoms with E-state index in [9.17, 15) is 13.6 Å². The Morgan fingerprint density at radius 2 is 1.59 bits per heavy atom. The lowest BCUT2D eigenvalue weighted by molar-refractivity contribution is 0.589. The van der Waals surface area contributed by atoms with Crippen LogP contribution in [0.15, 0.2) is 81.6 Å². The van der Waals surface area contributed by atoms with Crippen LogP contribution < -0.4 is 5.43 Å². The third kappa shape index (κ3) is 3.46. The van der Waals surface area contributed by atoms with Crippen LogP contribution in [0, 0.1) is 11.6 Å². The molecule has 0 amide bonds. The summed E-state index contributed by atoms with van der Waals surface area (Å²) in [6, 6.07) is 15.4. The van der Waals surface area contributed by atoms with Crippen molar-refractivity contribution in [2.45, 2.75) is 9.92 Å².